The molecule has 0 atom stereocenters. The van der Waals surface area contributed by atoms with Crippen LogP contribution in [0.15, 0.2) is 0 Å². The zero-order valence-electron chi connectivity index (χ0n) is 10.9. The normalized spacial score (nSPS) is 37.8. The molecule has 1 N–H and O–H groups in total. The number of rotatable bonds is 3. The van der Waals surface area contributed by atoms with Crippen LogP contribution in [0, 0.1) is 16.7 Å². The summed E-state index contributed by atoms with van der Waals surface area (Å²) in [5.74, 6) is 1.09. The highest BCUT2D eigenvalue weighted by atomic mass is 16.2. The smallest absolute Gasteiger partial charge is 0.225 e. The lowest BCUT2D eigenvalue weighted by atomic mass is 9.52. The molecule has 0 aromatic heterocycles. The van der Waals surface area contributed by atoms with E-state index in [9.17, 15) is 4.79 Å². The highest BCUT2D eigenvalue weighted by Gasteiger charge is 2.51. The molecule has 2 heteroatoms. The Morgan fingerprint density at radius 1 is 1.12 bits per heavy atom. The third kappa shape index (κ3) is 1.87. The minimum absolute atomic E-state index is 0.00742. The van der Waals surface area contributed by atoms with Gasteiger partial charge in [0.05, 0.1) is 0 Å². The summed E-state index contributed by atoms with van der Waals surface area (Å²) in [5, 5.41) is 2.87. The van der Waals surface area contributed by atoms with Crippen LogP contribution in [0.25, 0.3) is 0 Å². The van der Waals surface area contributed by atoms with Gasteiger partial charge in [-0.05, 0) is 56.3 Å². The molecule has 0 saturated heterocycles. The Morgan fingerprint density at radius 2 is 1.62 bits per heavy atom. The molecule has 0 aromatic carbocycles. The van der Waals surface area contributed by atoms with Crippen molar-refractivity contribution in [3.05, 3.63) is 0 Å². The molecule has 3 aliphatic carbocycles. The topological polar surface area (TPSA) is 29.1 Å². The highest BCUT2D eigenvalue weighted by Crippen LogP contribution is 2.59. The van der Waals surface area contributed by atoms with E-state index in [0.717, 1.165) is 25.2 Å². The second-order valence-corrected chi connectivity index (χ2v) is 6.46. The number of amides is 1. The Hall–Kier alpha value is -0.530. The van der Waals surface area contributed by atoms with Gasteiger partial charge in [0.1, 0.15) is 0 Å². The van der Waals surface area contributed by atoms with Gasteiger partial charge in [-0.2, -0.15) is 0 Å². The van der Waals surface area contributed by atoms with Crippen molar-refractivity contribution < 1.29 is 4.79 Å². The van der Waals surface area contributed by atoms with E-state index >= 15 is 0 Å². The number of hydrogen-bond donors (Lipinski definition) is 1. The van der Waals surface area contributed by atoms with E-state index in [2.05, 4.69) is 19.2 Å². The molecule has 0 aliphatic heterocycles. The van der Waals surface area contributed by atoms with Gasteiger partial charge < -0.3 is 5.32 Å². The van der Waals surface area contributed by atoms with Gasteiger partial charge >= 0.3 is 0 Å². The third-order valence-electron chi connectivity index (χ3n) is 4.95. The molecule has 1 amide bonds. The molecule has 0 radical (unpaired) electrons. The molecular formula is C14H25NO. The summed E-state index contributed by atoms with van der Waals surface area (Å²) < 4.78 is 0. The number of carbonyl (C=O) groups is 1. The number of hydrogen-bond acceptors (Lipinski definition) is 1. The first kappa shape index (κ1) is 11.9. The van der Waals surface area contributed by atoms with Gasteiger partial charge in [0.2, 0.25) is 5.91 Å². The van der Waals surface area contributed by atoms with Gasteiger partial charge in [-0.3, -0.25) is 4.79 Å². The van der Waals surface area contributed by atoms with Crippen molar-refractivity contribution in [2.24, 2.45) is 16.7 Å². The average Bonchev–Trinajstić information content (AvgIpc) is 2.29. The molecule has 0 unspecified atom stereocenters. The van der Waals surface area contributed by atoms with Gasteiger partial charge in [-0.1, -0.05) is 13.8 Å². The van der Waals surface area contributed by atoms with Crippen LogP contribution in [-0.2, 0) is 4.79 Å². The summed E-state index contributed by atoms with van der Waals surface area (Å²) in [6.45, 7) is 4.65. The van der Waals surface area contributed by atoms with E-state index in [1.165, 1.54) is 25.7 Å². The maximum atomic E-state index is 12.0. The molecule has 0 spiro atoms. The Morgan fingerprint density at radius 3 is 2.00 bits per heavy atom. The largest absolute Gasteiger partial charge is 0.359 e. The summed E-state index contributed by atoms with van der Waals surface area (Å²) in [7, 11) is 1.78. The Labute approximate surface area is 99.2 Å². The van der Waals surface area contributed by atoms with Gasteiger partial charge in [-0.25, -0.2) is 0 Å². The zero-order chi connectivity index (χ0) is 11.8. The zero-order valence-corrected chi connectivity index (χ0v) is 10.9. The van der Waals surface area contributed by atoms with Crippen LogP contribution in [-0.4, -0.2) is 13.0 Å². The first-order valence-corrected chi connectivity index (χ1v) is 6.74. The predicted molar refractivity (Wildman–Crippen MR) is 66.1 cm³/mol. The Bertz CT molecular complexity index is 258. The summed E-state index contributed by atoms with van der Waals surface area (Å²) in [4.78, 5) is 12.0. The summed E-state index contributed by atoms with van der Waals surface area (Å²) >= 11 is 0. The monoisotopic (exact) mass is 223 g/mol. The van der Waals surface area contributed by atoms with Crippen molar-refractivity contribution in [3.8, 4) is 0 Å². The fourth-order valence-electron chi connectivity index (χ4n) is 4.04. The van der Waals surface area contributed by atoms with Crippen molar-refractivity contribution in [1.82, 2.24) is 5.32 Å². The number of fused-ring (bicyclic) bond motifs is 3. The molecule has 3 saturated carbocycles. The van der Waals surface area contributed by atoms with Crippen molar-refractivity contribution in [2.45, 2.75) is 58.8 Å². The minimum atomic E-state index is 0.00742. The Kier molecular flexibility index (Phi) is 3.02. The van der Waals surface area contributed by atoms with Crippen LogP contribution in [0.2, 0.25) is 0 Å². The second-order valence-electron chi connectivity index (χ2n) is 6.46. The van der Waals surface area contributed by atoms with E-state index in [4.69, 9.17) is 0 Å². The number of nitrogens with one attached hydrogen (secondary N) is 1. The molecule has 3 aliphatic rings. The lowest BCUT2D eigenvalue weighted by Crippen LogP contribution is -2.49. The summed E-state index contributed by atoms with van der Waals surface area (Å²) in [6.07, 6.45) is 8.56. The van der Waals surface area contributed by atoms with Crippen LogP contribution in [0.5, 0.6) is 0 Å². The van der Waals surface area contributed by atoms with E-state index in [0.29, 0.717) is 11.3 Å². The fourth-order valence-corrected chi connectivity index (χ4v) is 4.04. The van der Waals surface area contributed by atoms with Gasteiger partial charge in [-0.15, -0.1) is 0 Å². The van der Waals surface area contributed by atoms with Crippen LogP contribution in [0.4, 0.5) is 0 Å². The molecule has 92 valence electrons. The SMILES string of the molecule is CNC(=O)C12CCC(CC(C)C)(CC1)CC2. The quantitative estimate of drug-likeness (QED) is 0.782. The molecule has 0 heterocycles. The lowest BCUT2D eigenvalue weighted by molar-refractivity contribution is -0.140. The molecule has 3 rings (SSSR count). The van der Waals surface area contributed by atoms with E-state index in [-0.39, 0.29) is 5.41 Å². The molecule has 0 aromatic rings. The highest BCUT2D eigenvalue weighted by molar-refractivity contribution is 5.82. The van der Waals surface area contributed by atoms with Crippen LogP contribution >= 0.6 is 0 Å². The van der Waals surface area contributed by atoms with E-state index in [1.807, 2.05) is 0 Å². The maximum absolute atomic E-state index is 12.0. The maximum Gasteiger partial charge on any atom is 0.225 e. The van der Waals surface area contributed by atoms with Gasteiger partial charge in [0, 0.05) is 12.5 Å². The lowest BCUT2D eigenvalue weighted by Gasteiger charge is -2.53. The third-order valence-corrected chi connectivity index (χ3v) is 4.95. The molecule has 2 bridgehead atoms. The van der Waals surface area contributed by atoms with Crippen molar-refractivity contribution in [3.63, 3.8) is 0 Å². The summed E-state index contributed by atoms with van der Waals surface area (Å²) in [5.41, 5.74) is 0.595. The second kappa shape index (κ2) is 4.05. The van der Waals surface area contributed by atoms with Gasteiger partial charge in [0.15, 0.2) is 0 Å². The minimum Gasteiger partial charge on any atom is -0.359 e. The van der Waals surface area contributed by atoms with Gasteiger partial charge in [0.25, 0.3) is 0 Å². The van der Waals surface area contributed by atoms with E-state index < -0.39 is 0 Å². The van der Waals surface area contributed by atoms with Crippen molar-refractivity contribution >= 4 is 5.91 Å². The van der Waals surface area contributed by atoms with Crippen LogP contribution in [0.3, 0.4) is 0 Å². The standard InChI is InChI=1S/C14H25NO/c1-11(2)10-13-4-7-14(8-5-13,9-6-13)12(16)15-3/h11H,4-10H2,1-3H3,(H,15,16). The fraction of sp³-hybridized carbons (Fsp3) is 0.929. The van der Waals surface area contributed by atoms with E-state index in [1.54, 1.807) is 7.05 Å². The molecule has 2 nitrogen and oxygen atoms in total. The molecular weight excluding hydrogens is 198 g/mol. The Balaban J connectivity index is 2.05. The number of carbonyl (C=O) groups excluding carboxylic acids is 1. The molecule has 16 heavy (non-hydrogen) atoms. The summed E-state index contributed by atoms with van der Waals surface area (Å²) in [6, 6.07) is 0. The molecule has 3 fully saturated rings. The van der Waals surface area contributed by atoms with Crippen LogP contribution < -0.4 is 5.32 Å². The van der Waals surface area contributed by atoms with Crippen molar-refractivity contribution in [2.75, 3.05) is 7.05 Å². The first-order valence-electron chi connectivity index (χ1n) is 6.74. The first-order chi connectivity index (χ1) is 7.52. The predicted octanol–water partition coefficient (Wildman–Crippen LogP) is 3.12. The van der Waals surface area contributed by atoms with Crippen molar-refractivity contribution in [1.29, 1.82) is 0 Å². The average molecular weight is 223 g/mol. The van der Waals surface area contributed by atoms with Crippen LogP contribution in [0.1, 0.15) is 58.8 Å².